The highest BCUT2D eigenvalue weighted by Crippen LogP contribution is 2.12. The van der Waals surface area contributed by atoms with Gasteiger partial charge < -0.3 is 4.42 Å². The van der Waals surface area contributed by atoms with Crippen molar-refractivity contribution in [2.75, 3.05) is 0 Å². The van der Waals surface area contributed by atoms with Gasteiger partial charge in [0.1, 0.15) is 5.76 Å². The third kappa shape index (κ3) is 1.72. The number of rotatable bonds is 2. The fourth-order valence-electron chi connectivity index (χ4n) is 0.775. The average molecular weight is 167 g/mol. The minimum Gasteiger partial charge on any atom is -0.464 e. The van der Waals surface area contributed by atoms with Gasteiger partial charge in [-0.15, -0.1) is 0 Å². The summed E-state index contributed by atoms with van der Waals surface area (Å²) >= 11 is 0. The van der Waals surface area contributed by atoms with Crippen LogP contribution in [0.3, 0.4) is 0 Å². The first-order valence-electron chi connectivity index (χ1n) is 3.48. The van der Waals surface area contributed by atoms with E-state index in [1.165, 1.54) is 19.3 Å². The van der Waals surface area contributed by atoms with Crippen molar-refractivity contribution in [2.24, 2.45) is 0 Å². The Kier molecular flexibility index (Phi) is 2.28. The molecule has 0 saturated heterocycles. The third-order valence-corrected chi connectivity index (χ3v) is 1.53. The maximum Gasteiger partial charge on any atom is 0.246 e. The molecule has 0 fully saturated rings. The van der Waals surface area contributed by atoms with Crippen molar-refractivity contribution >= 4 is 6.08 Å². The Morgan fingerprint density at radius 1 is 1.75 bits per heavy atom. The zero-order valence-electron chi connectivity index (χ0n) is 6.90. The average Bonchev–Trinajstić information content (AvgIpc) is 2.36. The molecule has 0 atom stereocenters. The molecule has 0 saturated carbocycles. The largest absolute Gasteiger partial charge is 0.464 e. The molecule has 4 nitrogen and oxygen atoms in total. The molecule has 0 radical (unpaired) electrons. The summed E-state index contributed by atoms with van der Waals surface area (Å²) in [5.41, 5.74) is 0.976. The van der Waals surface area contributed by atoms with Crippen molar-refractivity contribution < 1.29 is 9.34 Å². The summed E-state index contributed by atoms with van der Waals surface area (Å²) in [6.45, 7) is 3.27. The number of nitro groups is 1. The number of hydrogen-bond acceptors (Lipinski definition) is 3. The van der Waals surface area contributed by atoms with Gasteiger partial charge in [0.25, 0.3) is 0 Å². The van der Waals surface area contributed by atoms with Crippen LogP contribution in [0.25, 0.3) is 6.08 Å². The van der Waals surface area contributed by atoms with Gasteiger partial charge in [-0.05, 0) is 18.6 Å². The molecular weight excluding hydrogens is 158 g/mol. The van der Waals surface area contributed by atoms with Crippen LogP contribution in [0.4, 0.5) is 0 Å². The molecule has 1 aromatic rings. The second-order valence-corrected chi connectivity index (χ2v) is 2.51. The second-order valence-electron chi connectivity index (χ2n) is 2.51. The van der Waals surface area contributed by atoms with Gasteiger partial charge in [-0.1, -0.05) is 0 Å². The Hall–Kier alpha value is -1.58. The van der Waals surface area contributed by atoms with Crippen molar-refractivity contribution in [3.8, 4) is 0 Å². The maximum atomic E-state index is 10.2. The normalized spacial score (nSPS) is 11.7. The minimum atomic E-state index is -0.442. The molecule has 0 spiro atoms. The quantitative estimate of drug-likeness (QED) is 0.501. The summed E-state index contributed by atoms with van der Waals surface area (Å²) in [5, 5.41) is 10.2. The maximum absolute atomic E-state index is 10.2. The van der Waals surface area contributed by atoms with Crippen LogP contribution in [0, 0.1) is 17.0 Å². The fourth-order valence-corrected chi connectivity index (χ4v) is 0.775. The van der Waals surface area contributed by atoms with Crippen molar-refractivity contribution in [1.82, 2.24) is 0 Å². The van der Waals surface area contributed by atoms with E-state index in [1.54, 1.807) is 6.07 Å². The molecule has 1 rings (SSSR count). The number of aryl methyl sites for hydroxylation is 1. The van der Waals surface area contributed by atoms with Crippen LogP contribution in [0.5, 0.6) is 0 Å². The van der Waals surface area contributed by atoms with E-state index in [4.69, 9.17) is 4.42 Å². The van der Waals surface area contributed by atoms with Crippen molar-refractivity contribution in [3.63, 3.8) is 0 Å². The number of hydrogen-bond donors (Lipinski definition) is 0. The Balaban J connectivity index is 2.95. The van der Waals surface area contributed by atoms with Crippen LogP contribution in [0.1, 0.15) is 18.2 Å². The number of furan rings is 1. The third-order valence-electron chi connectivity index (χ3n) is 1.53. The van der Waals surface area contributed by atoms with E-state index in [-0.39, 0.29) is 5.70 Å². The second kappa shape index (κ2) is 3.21. The lowest BCUT2D eigenvalue weighted by molar-refractivity contribution is -0.422. The zero-order valence-corrected chi connectivity index (χ0v) is 6.90. The molecule has 0 aliphatic carbocycles. The molecule has 0 aliphatic rings. The zero-order chi connectivity index (χ0) is 9.14. The molecular formula is C8H9NO3. The molecule has 4 heteroatoms. The highest BCUT2D eigenvalue weighted by molar-refractivity contribution is 5.48. The van der Waals surface area contributed by atoms with E-state index in [2.05, 4.69) is 0 Å². The van der Waals surface area contributed by atoms with Crippen molar-refractivity contribution in [1.29, 1.82) is 0 Å². The lowest BCUT2D eigenvalue weighted by Gasteiger charge is -1.89. The van der Waals surface area contributed by atoms with Crippen LogP contribution < -0.4 is 0 Å². The van der Waals surface area contributed by atoms with E-state index < -0.39 is 4.92 Å². The van der Waals surface area contributed by atoms with Crippen LogP contribution in [0.15, 0.2) is 22.4 Å². The van der Waals surface area contributed by atoms with Gasteiger partial charge in [0, 0.05) is 6.92 Å². The molecule has 12 heavy (non-hydrogen) atoms. The summed E-state index contributed by atoms with van der Waals surface area (Å²) < 4.78 is 5.00. The first-order valence-corrected chi connectivity index (χ1v) is 3.48. The molecule has 0 N–H and O–H groups in total. The molecule has 1 heterocycles. The number of allylic oxidation sites excluding steroid dienone is 1. The van der Waals surface area contributed by atoms with E-state index in [0.717, 1.165) is 5.56 Å². The van der Waals surface area contributed by atoms with Gasteiger partial charge in [-0.3, -0.25) is 10.1 Å². The van der Waals surface area contributed by atoms with Gasteiger partial charge in [0.15, 0.2) is 0 Å². The SMILES string of the molecule is C/C(=C/c1occc1C)[N+](=O)[O-]. The Bertz CT molecular complexity index is 325. The molecule has 0 aromatic carbocycles. The number of nitrogens with zero attached hydrogens (tertiary/aromatic N) is 1. The predicted molar refractivity (Wildman–Crippen MR) is 44.1 cm³/mol. The van der Waals surface area contributed by atoms with Gasteiger partial charge >= 0.3 is 0 Å². The van der Waals surface area contributed by atoms with Gasteiger partial charge in [-0.25, -0.2) is 0 Å². The Labute approximate surface area is 69.6 Å². The van der Waals surface area contributed by atoms with E-state index in [0.29, 0.717) is 5.76 Å². The minimum absolute atomic E-state index is 0.0769. The molecule has 0 amide bonds. The van der Waals surface area contributed by atoms with E-state index >= 15 is 0 Å². The van der Waals surface area contributed by atoms with Crippen LogP contribution in [-0.4, -0.2) is 4.92 Å². The molecule has 1 aromatic heterocycles. The van der Waals surface area contributed by atoms with Crippen LogP contribution >= 0.6 is 0 Å². The summed E-state index contributed by atoms with van der Waals surface area (Å²) in [6.07, 6.45) is 2.92. The molecule has 0 unspecified atom stereocenters. The fraction of sp³-hybridized carbons (Fsp3) is 0.250. The van der Waals surface area contributed by atoms with Gasteiger partial charge in [0.2, 0.25) is 5.70 Å². The summed E-state index contributed by atoms with van der Waals surface area (Å²) in [4.78, 5) is 9.79. The molecule has 64 valence electrons. The Morgan fingerprint density at radius 3 is 2.83 bits per heavy atom. The van der Waals surface area contributed by atoms with Crippen molar-refractivity contribution in [2.45, 2.75) is 13.8 Å². The monoisotopic (exact) mass is 167 g/mol. The standard InChI is InChI=1S/C8H9NO3/c1-6-3-4-12-8(6)5-7(2)9(10)11/h3-5H,1-2H3/b7-5-. The topological polar surface area (TPSA) is 56.3 Å². The van der Waals surface area contributed by atoms with Crippen molar-refractivity contribution in [3.05, 3.63) is 39.5 Å². The molecule has 0 aliphatic heterocycles. The van der Waals surface area contributed by atoms with E-state index in [9.17, 15) is 10.1 Å². The van der Waals surface area contributed by atoms with E-state index in [1.807, 2.05) is 6.92 Å². The lowest BCUT2D eigenvalue weighted by Crippen LogP contribution is -1.92. The highest BCUT2D eigenvalue weighted by Gasteiger charge is 2.05. The van der Waals surface area contributed by atoms with Crippen LogP contribution in [0.2, 0.25) is 0 Å². The van der Waals surface area contributed by atoms with Crippen LogP contribution in [-0.2, 0) is 0 Å². The first kappa shape index (κ1) is 8.52. The highest BCUT2D eigenvalue weighted by atomic mass is 16.6. The lowest BCUT2D eigenvalue weighted by atomic mass is 10.2. The first-order chi connectivity index (χ1) is 5.61. The predicted octanol–water partition coefficient (Wildman–Crippen LogP) is 2.23. The molecule has 0 bridgehead atoms. The summed E-state index contributed by atoms with van der Waals surface area (Å²) in [6, 6.07) is 1.76. The Morgan fingerprint density at radius 2 is 2.42 bits per heavy atom. The summed E-state index contributed by atoms with van der Waals surface area (Å²) in [5.74, 6) is 0.546. The summed E-state index contributed by atoms with van der Waals surface area (Å²) in [7, 11) is 0. The van der Waals surface area contributed by atoms with Gasteiger partial charge in [-0.2, -0.15) is 0 Å². The smallest absolute Gasteiger partial charge is 0.246 e. The van der Waals surface area contributed by atoms with Gasteiger partial charge in [0.05, 0.1) is 17.3 Å².